The Morgan fingerprint density at radius 2 is 1.64 bits per heavy atom. The SMILES string of the molecule is CCc1cc(Nc2ncc(Cl)c(Nc3ccc(OC)cc3N(C)S(C)(=O)=O)n2)c(OC)cc1N1CCC(N2CCN(C(=O)CN(C)c3ccc(C4CCC(=O)NC4=O)cc3)CC2)CC1. The van der Waals surface area contributed by atoms with Crippen molar-refractivity contribution in [3.63, 3.8) is 0 Å². The highest BCUT2D eigenvalue weighted by Crippen LogP contribution is 2.39. The van der Waals surface area contributed by atoms with Gasteiger partial charge in [0.2, 0.25) is 33.7 Å². The van der Waals surface area contributed by atoms with E-state index in [1.165, 1.54) is 20.4 Å². The molecule has 3 fully saturated rings. The number of halogens is 1. The van der Waals surface area contributed by atoms with Gasteiger partial charge in [0.15, 0.2) is 5.82 Å². The lowest BCUT2D eigenvalue weighted by molar-refractivity contribution is -0.134. The first-order valence-electron chi connectivity index (χ1n) is 21.5. The van der Waals surface area contributed by atoms with Crippen molar-refractivity contribution < 1.29 is 32.3 Å². The van der Waals surface area contributed by atoms with Gasteiger partial charge in [-0.1, -0.05) is 30.7 Å². The van der Waals surface area contributed by atoms with Crippen molar-refractivity contribution in [2.45, 2.75) is 51.0 Å². The summed E-state index contributed by atoms with van der Waals surface area (Å²) in [6.07, 6.45) is 6.22. The monoisotopic (exact) mass is 916 g/mol. The summed E-state index contributed by atoms with van der Waals surface area (Å²) in [6.45, 7) is 7.19. The highest BCUT2D eigenvalue weighted by molar-refractivity contribution is 7.92. The molecule has 64 heavy (non-hydrogen) atoms. The number of sulfonamides is 1. The molecule has 3 aliphatic heterocycles. The van der Waals surface area contributed by atoms with Crippen molar-refractivity contribution in [2.75, 3.05) is 105 Å². The highest BCUT2D eigenvalue weighted by Gasteiger charge is 2.31. The topological polar surface area (TPSA) is 182 Å². The molecule has 3 saturated heterocycles. The number of anilines is 7. The molecule has 0 spiro atoms. The van der Waals surface area contributed by atoms with Crippen LogP contribution in [0.4, 0.5) is 40.2 Å². The number of methoxy groups -OCH3 is 2. The van der Waals surface area contributed by atoms with Crippen LogP contribution in [0.1, 0.15) is 49.7 Å². The van der Waals surface area contributed by atoms with Crippen molar-refractivity contribution in [3.05, 3.63) is 76.9 Å². The lowest BCUT2D eigenvalue weighted by atomic mass is 9.90. The number of benzene rings is 3. The number of amides is 3. The first kappa shape index (κ1) is 46.2. The Hall–Kier alpha value is -5.85. The summed E-state index contributed by atoms with van der Waals surface area (Å²) in [4.78, 5) is 55.2. The van der Waals surface area contributed by atoms with Crippen LogP contribution in [0.2, 0.25) is 5.02 Å². The molecule has 7 rings (SSSR count). The lowest BCUT2D eigenvalue weighted by Crippen LogP contribution is -2.55. The number of nitrogens with zero attached hydrogens (tertiary/aromatic N) is 7. The molecule has 1 atom stereocenters. The van der Waals surface area contributed by atoms with Gasteiger partial charge in [-0.05, 0) is 67.1 Å². The van der Waals surface area contributed by atoms with Gasteiger partial charge in [0.05, 0.1) is 56.2 Å². The van der Waals surface area contributed by atoms with E-state index in [0.717, 1.165) is 78.5 Å². The minimum Gasteiger partial charge on any atom is -0.497 e. The van der Waals surface area contributed by atoms with E-state index < -0.39 is 10.0 Å². The first-order valence-corrected chi connectivity index (χ1v) is 23.7. The molecule has 3 aromatic carbocycles. The fourth-order valence-electron chi connectivity index (χ4n) is 8.58. The van der Waals surface area contributed by atoms with Gasteiger partial charge < -0.3 is 34.8 Å². The van der Waals surface area contributed by atoms with E-state index in [1.54, 1.807) is 25.3 Å². The summed E-state index contributed by atoms with van der Waals surface area (Å²) in [5, 5.41) is 9.14. The third kappa shape index (κ3) is 10.6. The molecule has 4 aromatic rings. The van der Waals surface area contributed by atoms with E-state index in [9.17, 15) is 22.8 Å². The molecule has 342 valence electrons. The van der Waals surface area contributed by atoms with Crippen LogP contribution in [0.25, 0.3) is 0 Å². The Morgan fingerprint density at radius 3 is 2.28 bits per heavy atom. The first-order chi connectivity index (χ1) is 30.6. The zero-order valence-corrected chi connectivity index (χ0v) is 38.8. The average Bonchev–Trinajstić information content (AvgIpc) is 3.29. The smallest absolute Gasteiger partial charge is 0.242 e. The number of aryl methyl sites for hydroxylation is 1. The number of likely N-dealkylation sites (N-methyl/N-ethyl adjacent to an activating group) is 1. The van der Waals surface area contributed by atoms with E-state index in [-0.39, 0.29) is 47.0 Å². The molecule has 0 aliphatic carbocycles. The fourth-order valence-corrected chi connectivity index (χ4v) is 9.23. The van der Waals surface area contributed by atoms with E-state index in [4.69, 9.17) is 21.1 Å². The van der Waals surface area contributed by atoms with Gasteiger partial charge in [-0.25, -0.2) is 13.4 Å². The summed E-state index contributed by atoms with van der Waals surface area (Å²) >= 11 is 6.55. The molecule has 3 amide bonds. The van der Waals surface area contributed by atoms with Crippen LogP contribution in [-0.4, -0.2) is 132 Å². The average molecular weight is 918 g/mol. The van der Waals surface area contributed by atoms with Crippen molar-refractivity contribution in [1.29, 1.82) is 0 Å². The second-order valence-electron chi connectivity index (χ2n) is 16.4. The largest absolute Gasteiger partial charge is 0.497 e. The van der Waals surface area contributed by atoms with Crippen molar-refractivity contribution in [2.24, 2.45) is 0 Å². The second-order valence-corrected chi connectivity index (χ2v) is 18.8. The highest BCUT2D eigenvalue weighted by atomic mass is 35.5. The Morgan fingerprint density at radius 1 is 0.922 bits per heavy atom. The number of piperazine rings is 1. The molecular formula is C45H57ClN10O7S. The fraction of sp³-hybridized carbons (Fsp3) is 0.444. The number of hydrogen-bond acceptors (Lipinski definition) is 14. The molecule has 0 bridgehead atoms. The van der Waals surface area contributed by atoms with Gasteiger partial charge in [-0.3, -0.25) is 28.9 Å². The van der Waals surface area contributed by atoms with Crippen LogP contribution in [-0.2, 0) is 30.8 Å². The molecule has 4 heterocycles. The summed E-state index contributed by atoms with van der Waals surface area (Å²) in [5.74, 6) is 0.919. The molecule has 3 N–H and O–H groups in total. The number of imide groups is 1. The van der Waals surface area contributed by atoms with Crippen LogP contribution >= 0.6 is 11.6 Å². The summed E-state index contributed by atoms with van der Waals surface area (Å²) < 4.78 is 37.3. The Labute approximate surface area is 380 Å². The van der Waals surface area contributed by atoms with Gasteiger partial charge >= 0.3 is 0 Å². The summed E-state index contributed by atoms with van der Waals surface area (Å²) in [5.41, 5.74) is 5.52. The standard InChI is InChI=1S/C45H57ClN10O7S/c1-7-29-24-37(49-45-47-27-35(46)43(51-45)48-36-14-12-33(62-4)25-39(36)53(3)64(6,60)61)40(63-5)26-38(29)55-18-16-32(17-19-55)54-20-22-56(23-21-54)42(58)28-52(2)31-10-8-30(9-11-31)34-13-15-41(57)50-44(34)59/h8-12,14,24-27,32,34H,7,13,15-23,28H2,1-6H3,(H,50,57,59)(H2,47,48,49,51). The van der Waals surface area contributed by atoms with Gasteiger partial charge in [0.1, 0.15) is 16.5 Å². The maximum absolute atomic E-state index is 13.4. The van der Waals surface area contributed by atoms with Crippen LogP contribution in [0.3, 0.4) is 0 Å². The van der Waals surface area contributed by atoms with E-state index >= 15 is 0 Å². The minimum absolute atomic E-state index is 0.0899. The van der Waals surface area contributed by atoms with Crippen molar-refractivity contribution in [3.8, 4) is 11.5 Å². The third-order valence-electron chi connectivity index (χ3n) is 12.4. The van der Waals surface area contributed by atoms with Crippen molar-refractivity contribution in [1.82, 2.24) is 25.1 Å². The summed E-state index contributed by atoms with van der Waals surface area (Å²) in [7, 11) is 2.91. The molecule has 17 nitrogen and oxygen atoms in total. The lowest BCUT2D eigenvalue weighted by Gasteiger charge is -2.43. The normalized spacial score (nSPS) is 17.5. The Balaban J connectivity index is 0.933. The number of aromatic nitrogens is 2. The number of rotatable bonds is 15. The number of carbonyl (C=O) groups is 3. The number of ether oxygens (including phenoxy) is 2. The number of piperidine rings is 2. The van der Waals surface area contributed by atoms with Gasteiger partial charge in [0.25, 0.3) is 0 Å². The Kier molecular flexibility index (Phi) is 14.4. The second kappa shape index (κ2) is 19.9. The third-order valence-corrected chi connectivity index (χ3v) is 13.9. The maximum Gasteiger partial charge on any atom is 0.242 e. The molecule has 1 unspecified atom stereocenters. The summed E-state index contributed by atoms with van der Waals surface area (Å²) in [6, 6.07) is 17.3. The van der Waals surface area contributed by atoms with Crippen LogP contribution in [0, 0.1) is 0 Å². The molecular weight excluding hydrogens is 860 g/mol. The van der Waals surface area contributed by atoms with E-state index in [2.05, 4.69) is 54.8 Å². The molecule has 0 radical (unpaired) electrons. The number of carbonyl (C=O) groups excluding carboxylic acids is 3. The molecule has 19 heteroatoms. The van der Waals surface area contributed by atoms with E-state index in [1.807, 2.05) is 41.1 Å². The van der Waals surface area contributed by atoms with Crippen LogP contribution in [0.5, 0.6) is 11.5 Å². The van der Waals surface area contributed by atoms with Crippen LogP contribution in [0.15, 0.2) is 60.8 Å². The predicted molar refractivity (Wildman–Crippen MR) is 250 cm³/mol. The molecule has 0 saturated carbocycles. The quantitative estimate of drug-likeness (QED) is 0.130. The minimum atomic E-state index is -3.59. The zero-order valence-electron chi connectivity index (χ0n) is 37.2. The molecule has 3 aliphatic rings. The van der Waals surface area contributed by atoms with Gasteiger partial charge in [0, 0.05) is 89.3 Å². The van der Waals surface area contributed by atoms with Gasteiger partial charge in [-0.2, -0.15) is 4.98 Å². The number of hydrogen-bond donors (Lipinski definition) is 3. The molecule has 1 aromatic heterocycles. The zero-order chi connectivity index (χ0) is 45.7. The maximum atomic E-state index is 13.4. The van der Waals surface area contributed by atoms with Gasteiger partial charge in [-0.15, -0.1) is 0 Å². The predicted octanol–water partition coefficient (Wildman–Crippen LogP) is 5.36. The van der Waals surface area contributed by atoms with E-state index in [0.29, 0.717) is 60.5 Å². The van der Waals surface area contributed by atoms with Crippen molar-refractivity contribution >= 4 is 79.5 Å². The Bertz CT molecular complexity index is 2460. The number of nitrogens with one attached hydrogen (secondary N) is 3. The van der Waals surface area contributed by atoms with Crippen LogP contribution < -0.4 is 39.5 Å².